The standard InChI is InChI=1S/C21H21N3O/c1-16(23-15-17-8-7-13-22-14-17)21(25)24-20-12-6-5-11-19(20)18-9-3-2-4-10-18/h2-14,16,23H,15H2,1H3,(H,24,25)/t16-/m1/s1. The number of rotatable bonds is 6. The first-order chi connectivity index (χ1) is 12.2. The molecule has 0 bridgehead atoms. The quantitative estimate of drug-likeness (QED) is 0.721. The molecular weight excluding hydrogens is 310 g/mol. The van der Waals surface area contributed by atoms with Crippen LogP contribution in [0, 0.1) is 0 Å². The minimum absolute atomic E-state index is 0.0627. The van der Waals surface area contributed by atoms with Gasteiger partial charge in [-0.25, -0.2) is 0 Å². The van der Waals surface area contributed by atoms with Crippen LogP contribution >= 0.6 is 0 Å². The van der Waals surface area contributed by atoms with Gasteiger partial charge in [-0.1, -0.05) is 54.6 Å². The van der Waals surface area contributed by atoms with Crippen molar-refractivity contribution in [1.82, 2.24) is 10.3 Å². The van der Waals surface area contributed by atoms with Crippen molar-refractivity contribution in [3.8, 4) is 11.1 Å². The van der Waals surface area contributed by atoms with Gasteiger partial charge in [0.25, 0.3) is 0 Å². The smallest absolute Gasteiger partial charge is 0.241 e. The zero-order valence-corrected chi connectivity index (χ0v) is 14.1. The second-order valence-electron chi connectivity index (χ2n) is 5.86. The highest BCUT2D eigenvalue weighted by atomic mass is 16.2. The lowest BCUT2D eigenvalue weighted by molar-refractivity contribution is -0.117. The summed E-state index contributed by atoms with van der Waals surface area (Å²) in [6.45, 7) is 2.46. The highest BCUT2D eigenvalue weighted by molar-refractivity contribution is 5.98. The van der Waals surface area contributed by atoms with Crippen molar-refractivity contribution >= 4 is 11.6 Å². The zero-order chi connectivity index (χ0) is 17.5. The van der Waals surface area contributed by atoms with E-state index in [1.807, 2.05) is 73.7 Å². The molecule has 4 heteroatoms. The van der Waals surface area contributed by atoms with Crippen LogP contribution in [0.2, 0.25) is 0 Å². The summed E-state index contributed by atoms with van der Waals surface area (Å²) in [6, 6.07) is 21.4. The van der Waals surface area contributed by atoms with E-state index in [9.17, 15) is 4.79 Å². The Hall–Kier alpha value is -2.98. The van der Waals surface area contributed by atoms with Gasteiger partial charge >= 0.3 is 0 Å². The van der Waals surface area contributed by atoms with Crippen molar-refractivity contribution in [2.75, 3.05) is 5.32 Å². The molecule has 1 atom stereocenters. The Morgan fingerprint density at radius 2 is 1.76 bits per heavy atom. The summed E-state index contributed by atoms with van der Waals surface area (Å²) in [4.78, 5) is 16.6. The SMILES string of the molecule is C[C@@H](NCc1cccnc1)C(=O)Nc1ccccc1-c1ccccc1. The number of anilines is 1. The molecule has 0 aliphatic heterocycles. The van der Waals surface area contributed by atoms with E-state index in [0.717, 1.165) is 22.4 Å². The number of para-hydroxylation sites is 1. The number of pyridine rings is 1. The fourth-order valence-corrected chi connectivity index (χ4v) is 2.57. The molecule has 0 radical (unpaired) electrons. The zero-order valence-electron chi connectivity index (χ0n) is 14.1. The van der Waals surface area contributed by atoms with E-state index >= 15 is 0 Å². The molecule has 2 aromatic carbocycles. The molecule has 1 heterocycles. The van der Waals surface area contributed by atoms with Gasteiger partial charge in [-0.2, -0.15) is 0 Å². The van der Waals surface area contributed by atoms with Gasteiger partial charge in [-0.3, -0.25) is 9.78 Å². The predicted molar refractivity (Wildman–Crippen MR) is 101 cm³/mol. The second kappa shape index (κ2) is 8.22. The number of hydrogen-bond acceptors (Lipinski definition) is 3. The van der Waals surface area contributed by atoms with Crippen molar-refractivity contribution in [1.29, 1.82) is 0 Å². The van der Waals surface area contributed by atoms with Crippen molar-refractivity contribution in [2.45, 2.75) is 19.5 Å². The van der Waals surface area contributed by atoms with Crippen LogP contribution in [0.3, 0.4) is 0 Å². The molecule has 4 nitrogen and oxygen atoms in total. The number of aromatic nitrogens is 1. The normalized spacial score (nSPS) is 11.7. The molecule has 1 aromatic heterocycles. The second-order valence-corrected chi connectivity index (χ2v) is 5.86. The van der Waals surface area contributed by atoms with Gasteiger partial charge in [0.05, 0.1) is 6.04 Å². The van der Waals surface area contributed by atoms with E-state index in [1.165, 1.54) is 0 Å². The average Bonchev–Trinajstić information content (AvgIpc) is 2.68. The minimum Gasteiger partial charge on any atom is -0.324 e. The van der Waals surface area contributed by atoms with Crippen LogP contribution in [0.5, 0.6) is 0 Å². The Morgan fingerprint density at radius 3 is 2.52 bits per heavy atom. The average molecular weight is 331 g/mol. The number of carbonyl (C=O) groups is 1. The molecule has 3 aromatic rings. The summed E-state index contributed by atoms with van der Waals surface area (Å²) in [5.74, 6) is -0.0627. The molecule has 0 saturated heterocycles. The molecule has 2 N–H and O–H groups in total. The first-order valence-electron chi connectivity index (χ1n) is 8.31. The molecule has 25 heavy (non-hydrogen) atoms. The summed E-state index contributed by atoms with van der Waals surface area (Å²) in [5, 5.41) is 6.25. The highest BCUT2D eigenvalue weighted by Crippen LogP contribution is 2.27. The summed E-state index contributed by atoms with van der Waals surface area (Å²) in [5.41, 5.74) is 3.95. The van der Waals surface area contributed by atoms with Crippen LogP contribution in [0.4, 0.5) is 5.69 Å². The van der Waals surface area contributed by atoms with Gasteiger partial charge in [0.2, 0.25) is 5.91 Å². The van der Waals surface area contributed by atoms with Crippen LogP contribution in [0.15, 0.2) is 79.1 Å². The molecule has 0 fully saturated rings. The molecule has 3 rings (SSSR count). The number of nitrogens with zero attached hydrogens (tertiary/aromatic N) is 1. The summed E-state index contributed by atoms with van der Waals surface area (Å²) in [6.07, 6.45) is 3.53. The molecule has 1 amide bonds. The Balaban J connectivity index is 1.67. The van der Waals surface area contributed by atoms with Crippen molar-refractivity contribution in [3.63, 3.8) is 0 Å². The third kappa shape index (κ3) is 4.52. The Bertz CT molecular complexity index is 819. The van der Waals surface area contributed by atoms with Crippen molar-refractivity contribution in [2.24, 2.45) is 0 Å². The maximum atomic E-state index is 12.5. The van der Waals surface area contributed by atoms with Crippen LogP contribution in [-0.4, -0.2) is 16.9 Å². The van der Waals surface area contributed by atoms with Crippen LogP contribution < -0.4 is 10.6 Å². The fourth-order valence-electron chi connectivity index (χ4n) is 2.57. The van der Waals surface area contributed by atoms with Gasteiger partial charge in [0.1, 0.15) is 0 Å². The van der Waals surface area contributed by atoms with Gasteiger partial charge in [0, 0.05) is 30.2 Å². The van der Waals surface area contributed by atoms with Crippen molar-refractivity contribution in [3.05, 3.63) is 84.7 Å². The topological polar surface area (TPSA) is 54.0 Å². The molecular formula is C21H21N3O. The van der Waals surface area contributed by atoms with Gasteiger partial charge < -0.3 is 10.6 Å². The largest absolute Gasteiger partial charge is 0.324 e. The Labute approximate surface area is 147 Å². The van der Waals surface area contributed by atoms with Crippen LogP contribution in [0.25, 0.3) is 11.1 Å². The van der Waals surface area contributed by atoms with Crippen LogP contribution in [-0.2, 0) is 11.3 Å². The molecule has 0 saturated carbocycles. The first kappa shape index (κ1) is 16.9. The van der Waals surface area contributed by atoms with E-state index in [0.29, 0.717) is 6.54 Å². The maximum absolute atomic E-state index is 12.5. The molecule has 0 aliphatic rings. The number of benzene rings is 2. The van der Waals surface area contributed by atoms with Gasteiger partial charge in [-0.15, -0.1) is 0 Å². The molecule has 0 aliphatic carbocycles. The first-order valence-corrected chi connectivity index (χ1v) is 8.31. The fraction of sp³-hybridized carbons (Fsp3) is 0.143. The third-order valence-corrected chi connectivity index (χ3v) is 4.00. The molecule has 0 unspecified atom stereocenters. The van der Waals surface area contributed by atoms with E-state index in [2.05, 4.69) is 15.6 Å². The lowest BCUT2D eigenvalue weighted by atomic mass is 10.0. The summed E-state index contributed by atoms with van der Waals surface area (Å²) in [7, 11) is 0. The Kier molecular flexibility index (Phi) is 5.54. The molecule has 126 valence electrons. The lowest BCUT2D eigenvalue weighted by Gasteiger charge is -2.16. The summed E-state index contributed by atoms with van der Waals surface area (Å²) >= 11 is 0. The van der Waals surface area contributed by atoms with E-state index in [4.69, 9.17) is 0 Å². The van der Waals surface area contributed by atoms with E-state index < -0.39 is 0 Å². The maximum Gasteiger partial charge on any atom is 0.241 e. The number of hydrogen-bond donors (Lipinski definition) is 2. The van der Waals surface area contributed by atoms with Gasteiger partial charge in [0.15, 0.2) is 0 Å². The minimum atomic E-state index is -0.316. The van der Waals surface area contributed by atoms with E-state index in [-0.39, 0.29) is 11.9 Å². The number of nitrogens with one attached hydrogen (secondary N) is 2. The van der Waals surface area contributed by atoms with Crippen LogP contribution in [0.1, 0.15) is 12.5 Å². The van der Waals surface area contributed by atoms with Crippen molar-refractivity contribution < 1.29 is 4.79 Å². The summed E-state index contributed by atoms with van der Waals surface area (Å²) < 4.78 is 0. The number of amides is 1. The monoisotopic (exact) mass is 331 g/mol. The highest BCUT2D eigenvalue weighted by Gasteiger charge is 2.14. The van der Waals surface area contributed by atoms with Gasteiger partial charge in [-0.05, 0) is 30.2 Å². The predicted octanol–water partition coefficient (Wildman–Crippen LogP) is 3.87. The lowest BCUT2D eigenvalue weighted by Crippen LogP contribution is -2.37. The molecule has 0 spiro atoms. The third-order valence-electron chi connectivity index (χ3n) is 4.00. The van der Waals surface area contributed by atoms with E-state index in [1.54, 1.807) is 12.4 Å². The Morgan fingerprint density at radius 1 is 1.00 bits per heavy atom. The number of carbonyl (C=O) groups excluding carboxylic acids is 1.